The highest BCUT2D eigenvalue weighted by Crippen LogP contribution is 2.59. The second-order valence-corrected chi connectivity index (χ2v) is 7.02. The van der Waals surface area contributed by atoms with Crippen LogP contribution >= 0.6 is 0 Å². The van der Waals surface area contributed by atoms with Crippen molar-refractivity contribution in [2.75, 3.05) is 26.4 Å². The van der Waals surface area contributed by atoms with Crippen LogP contribution in [0.4, 0.5) is 4.79 Å². The van der Waals surface area contributed by atoms with Crippen LogP contribution in [0.3, 0.4) is 0 Å². The van der Waals surface area contributed by atoms with Crippen molar-refractivity contribution < 1.29 is 23.9 Å². The van der Waals surface area contributed by atoms with Crippen LogP contribution in [-0.4, -0.2) is 54.1 Å². The van der Waals surface area contributed by atoms with E-state index in [4.69, 9.17) is 14.7 Å². The number of rotatable bonds is 8. The number of nitriles is 1. The predicted octanol–water partition coefficient (Wildman–Crippen LogP) is 1.88. The fourth-order valence-electron chi connectivity index (χ4n) is 3.26. The fraction of sp³-hybridized carbons (Fsp3) is 0.667. The maximum atomic E-state index is 12.4. The molecule has 1 aliphatic heterocycles. The Balaban J connectivity index is 1.95. The molecule has 1 saturated heterocycles. The minimum absolute atomic E-state index is 0.0182. The summed E-state index contributed by atoms with van der Waals surface area (Å²) in [6.07, 6.45) is 2.39. The van der Waals surface area contributed by atoms with Gasteiger partial charge in [0.2, 0.25) is 0 Å². The quantitative estimate of drug-likeness (QED) is 0.282. The Kier molecular flexibility index (Phi) is 5.90. The highest BCUT2D eigenvalue weighted by atomic mass is 16.5. The maximum absolute atomic E-state index is 12.4. The molecular formula is C18H25N3O5. The number of ether oxygens (including phenoxy) is 2. The summed E-state index contributed by atoms with van der Waals surface area (Å²) in [5.41, 5.74) is -0.371. The third-order valence-corrected chi connectivity index (χ3v) is 4.86. The third-order valence-electron chi connectivity index (χ3n) is 4.86. The van der Waals surface area contributed by atoms with Crippen molar-refractivity contribution in [3.8, 4) is 6.07 Å². The van der Waals surface area contributed by atoms with E-state index in [0.29, 0.717) is 13.2 Å². The minimum Gasteiger partial charge on any atom is -0.484 e. The molecule has 0 bridgehead atoms. The molecule has 0 spiro atoms. The Morgan fingerprint density at radius 2 is 2.04 bits per heavy atom. The molecule has 1 aliphatic carbocycles. The van der Waals surface area contributed by atoms with Crippen molar-refractivity contribution in [3.05, 3.63) is 11.8 Å². The minimum atomic E-state index is -0.487. The number of carbonyl (C=O) groups excluding carboxylic acids is 3. The molecule has 142 valence electrons. The summed E-state index contributed by atoms with van der Waals surface area (Å²) in [4.78, 5) is 38.8. The van der Waals surface area contributed by atoms with E-state index in [0.717, 1.165) is 11.3 Å². The normalized spacial score (nSPS) is 24.5. The van der Waals surface area contributed by atoms with Gasteiger partial charge in [-0.3, -0.25) is 9.59 Å². The summed E-state index contributed by atoms with van der Waals surface area (Å²) in [7, 11) is 0. The molecule has 0 N–H and O–H groups in total. The second-order valence-electron chi connectivity index (χ2n) is 7.02. The highest BCUT2D eigenvalue weighted by Gasteiger charge is 2.62. The molecule has 0 radical (unpaired) electrons. The lowest BCUT2D eigenvalue weighted by Crippen LogP contribution is -2.36. The van der Waals surface area contributed by atoms with Gasteiger partial charge in [-0.05, 0) is 24.8 Å². The molecule has 2 atom stereocenters. The van der Waals surface area contributed by atoms with Crippen LogP contribution in [0.25, 0.3) is 0 Å². The molecule has 1 heterocycles. The number of imide groups is 1. The van der Waals surface area contributed by atoms with E-state index in [9.17, 15) is 14.4 Å². The van der Waals surface area contributed by atoms with Gasteiger partial charge in [0, 0.05) is 12.5 Å². The first-order valence-electron chi connectivity index (χ1n) is 8.78. The van der Waals surface area contributed by atoms with E-state index >= 15 is 0 Å². The van der Waals surface area contributed by atoms with Gasteiger partial charge in [-0.1, -0.05) is 20.8 Å². The molecule has 8 nitrogen and oxygen atoms in total. The van der Waals surface area contributed by atoms with Crippen LogP contribution < -0.4 is 0 Å². The number of allylic oxidation sites excluding steroid dienone is 2. The Hall–Kier alpha value is -2.56. The fourth-order valence-corrected chi connectivity index (χ4v) is 3.26. The van der Waals surface area contributed by atoms with Crippen molar-refractivity contribution >= 4 is 17.9 Å². The zero-order valence-electron chi connectivity index (χ0n) is 15.7. The molecule has 2 rings (SSSR count). The van der Waals surface area contributed by atoms with Gasteiger partial charge in [0.1, 0.15) is 12.6 Å². The van der Waals surface area contributed by atoms with Crippen molar-refractivity contribution in [1.82, 2.24) is 9.80 Å². The van der Waals surface area contributed by atoms with Crippen molar-refractivity contribution in [2.45, 2.75) is 34.1 Å². The van der Waals surface area contributed by atoms with Gasteiger partial charge in [0.05, 0.1) is 12.5 Å². The van der Waals surface area contributed by atoms with Crippen molar-refractivity contribution in [1.29, 1.82) is 5.26 Å². The average molecular weight is 363 g/mol. The Bertz CT molecular complexity index is 664. The number of nitrogens with zero attached hydrogens (tertiary/aromatic N) is 3. The average Bonchev–Trinajstić information content (AvgIpc) is 3.02. The molecule has 2 fully saturated rings. The predicted molar refractivity (Wildman–Crippen MR) is 91.1 cm³/mol. The summed E-state index contributed by atoms with van der Waals surface area (Å²) in [5.74, 6) is -1.30. The van der Waals surface area contributed by atoms with E-state index in [1.807, 2.05) is 26.8 Å². The van der Waals surface area contributed by atoms with Gasteiger partial charge in [-0.2, -0.15) is 5.26 Å². The van der Waals surface area contributed by atoms with Crippen molar-refractivity contribution in [2.24, 2.45) is 17.3 Å². The number of amides is 3. The molecule has 0 aromatic carbocycles. The molecule has 8 heteroatoms. The molecule has 26 heavy (non-hydrogen) atoms. The van der Waals surface area contributed by atoms with Crippen LogP contribution in [0, 0.1) is 28.6 Å². The molecule has 0 aromatic rings. The Morgan fingerprint density at radius 1 is 1.35 bits per heavy atom. The molecular weight excluding hydrogens is 338 g/mol. The summed E-state index contributed by atoms with van der Waals surface area (Å²) in [5, 5.41) is 9.06. The number of urea groups is 1. The number of esters is 1. The van der Waals surface area contributed by atoms with Crippen LogP contribution in [0.1, 0.15) is 34.1 Å². The summed E-state index contributed by atoms with van der Waals surface area (Å²) < 4.78 is 10.4. The Morgan fingerprint density at radius 3 is 2.62 bits per heavy atom. The Labute approximate surface area is 153 Å². The zero-order chi connectivity index (χ0) is 19.5. The first-order chi connectivity index (χ1) is 12.3. The van der Waals surface area contributed by atoms with Gasteiger partial charge >= 0.3 is 12.0 Å². The zero-order valence-corrected chi connectivity index (χ0v) is 15.7. The molecule has 0 aromatic heterocycles. The molecule has 1 saturated carbocycles. The lowest BCUT2D eigenvalue weighted by Gasteiger charge is -2.16. The first-order valence-corrected chi connectivity index (χ1v) is 8.78. The van der Waals surface area contributed by atoms with Crippen LogP contribution in [0.2, 0.25) is 0 Å². The molecule has 3 amide bonds. The summed E-state index contributed by atoms with van der Waals surface area (Å²) in [6.45, 7) is 8.00. The second kappa shape index (κ2) is 7.77. The lowest BCUT2D eigenvalue weighted by atomic mass is 10.1. The largest absolute Gasteiger partial charge is 0.484 e. The number of carbonyl (C=O) groups is 3. The van der Waals surface area contributed by atoms with E-state index < -0.39 is 17.9 Å². The first kappa shape index (κ1) is 19.8. The summed E-state index contributed by atoms with van der Waals surface area (Å²) in [6, 6.07) is 1.53. The third kappa shape index (κ3) is 3.82. The smallest absolute Gasteiger partial charge is 0.330 e. The van der Waals surface area contributed by atoms with Gasteiger partial charge in [-0.25, -0.2) is 9.69 Å². The van der Waals surface area contributed by atoms with Gasteiger partial charge < -0.3 is 14.4 Å². The topological polar surface area (TPSA) is 99.9 Å². The van der Waals surface area contributed by atoms with E-state index in [1.165, 1.54) is 4.90 Å². The number of hydrogen-bond donors (Lipinski definition) is 0. The van der Waals surface area contributed by atoms with Crippen LogP contribution in [0.5, 0.6) is 0 Å². The van der Waals surface area contributed by atoms with Crippen molar-refractivity contribution in [3.63, 3.8) is 0 Å². The van der Waals surface area contributed by atoms with Crippen LogP contribution in [0.15, 0.2) is 11.8 Å². The van der Waals surface area contributed by atoms with Gasteiger partial charge in [0.25, 0.3) is 5.91 Å². The summed E-state index contributed by atoms with van der Waals surface area (Å²) >= 11 is 0. The van der Waals surface area contributed by atoms with E-state index in [1.54, 1.807) is 13.0 Å². The van der Waals surface area contributed by atoms with Crippen LogP contribution in [-0.2, 0) is 19.1 Å². The lowest BCUT2D eigenvalue weighted by molar-refractivity contribution is -0.151. The van der Waals surface area contributed by atoms with Gasteiger partial charge in [0.15, 0.2) is 12.5 Å². The maximum Gasteiger partial charge on any atom is 0.330 e. The standard InChI is InChI=1S/C18H25N3O5/c1-5-7-20-10-14(22)21(17(20)24)11-26-16(23)15-13(18(15,3)4)8-12(9-19)25-6-2/h8,13,15H,5-7,10-11H2,1-4H3/b12-8+/t13-,15+/m1/s1. The van der Waals surface area contributed by atoms with E-state index in [-0.39, 0.29) is 36.3 Å². The SMILES string of the molecule is CCCN1CC(=O)N(COC(=O)[C@@H]2[C@@H](/C=C(\C#N)OCC)C2(C)C)C1=O. The van der Waals surface area contributed by atoms with E-state index in [2.05, 4.69) is 0 Å². The molecule has 0 unspecified atom stereocenters. The monoisotopic (exact) mass is 363 g/mol. The highest BCUT2D eigenvalue weighted by molar-refractivity contribution is 6.02. The molecule has 2 aliphatic rings. The number of hydrogen-bond acceptors (Lipinski definition) is 6. The van der Waals surface area contributed by atoms with Gasteiger partial charge in [-0.15, -0.1) is 0 Å².